The molecule has 0 aliphatic carbocycles. The van der Waals surface area contributed by atoms with Gasteiger partial charge in [0.05, 0.1) is 0 Å². The maximum Gasteiger partial charge on any atom is 0.258 e. The minimum absolute atomic E-state index is 0.185. The van der Waals surface area contributed by atoms with Crippen LogP contribution in [0.1, 0.15) is 10.4 Å². The number of fused-ring (bicyclic) bond motifs is 1. The van der Waals surface area contributed by atoms with Gasteiger partial charge in [-0.25, -0.2) is 0 Å². The Balaban J connectivity index is 1.60. The van der Waals surface area contributed by atoms with Crippen molar-refractivity contribution in [3.05, 3.63) is 76.8 Å². The predicted molar refractivity (Wildman–Crippen MR) is 105 cm³/mol. The second-order valence-corrected chi connectivity index (χ2v) is 7.29. The van der Waals surface area contributed by atoms with Gasteiger partial charge < -0.3 is 0 Å². The molecule has 0 aliphatic heterocycles. The molecule has 1 heterocycles. The molecule has 1 N–H and O–H groups in total. The third-order valence-electron chi connectivity index (χ3n) is 3.77. The number of carbonyl (C=O) groups is 1. The Bertz CT molecular complexity index is 1050. The van der Waals surface area contributed by atoms with Crippen LogP contribution in [0.2, 0.25) is 0 Å². The molecule has 6 heteroatoms. The first-order valence-electron chi connectivity index (χ1n) is 7.59. The van der Waals surface area contributed by atoms with Gasteiger partial charge in [0, 0.05) is 15.6 Å². The lowest BCUT2D eigenvalue weighted by Gasteiger charge is -2.05. The van der Waals surface area contributed by atoms with E-state index in [0.717, 1.165) is 25.8 Å². The highest BCUT2D eigenvalue weighted by Gasteiger charge is 2.13. The monoisotopic (exact) mass is 409 g/mol. The minimum Gasteiger partial charge on any atom is -0.296 e. The number of rotatable bonds is 3. The maximum atomic E-state index is 12.6. The van der Waals surface area contributed by atoms with Crippen LogP contribution in [0, 0.1) is 0 Å². The molecule has 0 fully saturated rings. The van der Waals surface area contributed by atoms with E-state index in [1.54, 1.807) is 0 Å². The second-order valence-electron chi connectivity index (χ2n) is 5.40. The number of halogens is 1. The van der Waals surface area contributed by atoms with Gasteiger partial charge in [-0.15, -0.1) is 10.2 Å². The quantitative estimate of drug-likeness (QED) is 0.494. The van der Waals surface area contributed by atoms with E-state index < -0.39 is 0 Å². The molecule has 4 rings (SSSR count). The summed E-state index contributed by atoms with van der Waals surface area (Å²) in [6, 6.07) is 21.3. The van der Waals surface area contributed by atoms with Crippen LogP contribution >= 0.6 is 27.3 Å². The lowest BCUT2D eigenvalue weighted by Crippen LogP contribution is -2.12. The van der Waals surface area contributed by atoms with Crippen LogP contribution in [-0.4, -0.2) is 16.1 Å². The lowest BCUT2D eigenvalue weighted by molar-refractivity contribution is 0.102. The van der Waals surface area contributed by atoms with Gasteiger partial charge in [-0.2, -0.15) is 0 Å². The van der Waals surface area contributed by atoms with Crippen molar-refractivity contribution in [2.45, 2.75) is 0 Å². The van der Waals surface area contributed by atoms with E-state index >= 15 is 0 Å². The van der Waals surface area contributed by atoms with Gasteiger partial charge in [0.25, 0.3) is 5.91 Å². The van der Waals surface area contributed by atoms with Crippen LogP contribution < -0.4 is 5.32 Å². The van der Waals surface area contributed by atoms with Crippen molar-refractivity contribution in [1.29, 1.82) is 0 Å². The van der Waals surface area contributed by atoms with Crippen LogP contribution in [0.15, 0.2) is 71.2 Å². The van der Waals surface area contributed by atoms with E-state index in [2.05, 4.69) is 31.4 Å². The van der Waals surface area contributed by atoms with Gasteiger partial charge in [-0.1, -0.05) is 75.8 Å². The molecule has 0 bridgehead atoms. The molecule has 0 atom stereocenters. The standard InChI is InChI=1S/C19H12BrN3OS/c20-14-10-8-13(9-11-14)18-22-23-19(25-18)21-17(24)16-7-3-5-12-4-1-2-6-15(12)16/h1-11H,(H,21,23,24). The summed E-state index contributed by atoms with van der Waals surface area (Å²) >= 11 is 4.76. The molecular weight excluding hydrogens is 398 g/mol. The SMILES string of the molecule is O=C(Nc1nnc(-c2ccc(Br)cc2)s1)c1cccc2ccccc12. The first-order chi connectivity index (χ1) is 12.2. The third-order valence-corrected chi connectivity index (χ3v) is 5.19. The van der Waals surface area contributed by atoms with E-state index in [4.69, 9.17) is 0 Å². The van der Waals surface area contributed by atoms with E-state index in [9.17, 15) is 4.79 Å². The van der Waals surface area contributed by atoms with Crippen molar-refractivity contribution < 1.29 is 4.79 Å². The Morgan fingerprint density at radius 1 is 0.920 bits per heavy atom. The van der Waals surface area contributed by atoms with Crippen molar-refractivity contribution in [2.75, 3.05) is 5.32 Å². The lowest BCUT2D eigenvalue weighted by atomic mass is 10.0. The van der Waals surface area contributed by atoms with Crippen molar-refractivity contribution >= 4 is 49.1 Å². The fraction of sp³-hybridized carbons (Fsp3) is 0. The minimum atomic E-state index is -0.185. The van der Waals surface area contributed by atoms with Crippen LogP contribution in [-0.2, 0) is 0 Å². The summed E-state index contributed by atoms with van der Waals surface area (Å²) in [4.78, 5) is 12.6. The molecule has 1 amide bonds. The van der Waals surface area contributed by atoms with E-state index in [1.165, 1.54) is 11.3 Å². The molecule has 0 saturated carbocycles. The number of aromatic nitrogens is 2. The van der Waals surface area contributed by atoms with Gasteiger partial charge >= 0.3 is 0 Å². The zero-order valence-corrected chi connectivity index (χ0v) is 15.3. The highest BCUT2D eigenvalue weighted by atomic mass is 79.9. The zero-order chi connectivity index (χ0) is 17.2. The highest BCUT2D eigenvalue weighted by molar-refractivity contribution is 9.10. The fourth-order valence-electron chi connectivity index (χ4n) is 2.57. The summed E-state index contributed by atoms with van der Waals surface area (Å²) in [5, 5.41) is 14.3. The normalized spacial score (nSPS) is 10.8. The number of nitrogens with zero attached hydrogens (tertiary/aromatic N) is 2. The van der Waals surface area contributed by atoms with Gasteiger partial charge in [-0.05, 0) is 29.0 Å². The number of anilines is 1. The van der Waals surface area contributed by atoms with Crippen molar-refractivity contribution in [1.82, 2.24) is 10.2 Å². The number of amides is 1. The Morgan fingerprint density at radius 2 is 1.68 bits per heavy atom. The zero-order valence-electron chi connectivity index (χ0n) is 12.9. The Hall–Kier alpha value is -2.57. The highest BCUT2D eigenvalue weighted by Crippen LogP contribution is 2.28. The molecule has 0 aliphatic rings. The van der Waals surface area contributed by atoms with E-state index in [1.807, 2.05) is 66.7 Å². The molecule has 25 heavy (non-hydrogen) atoms. The molecule has 0 saturated heterocycles. The molecule has 1 aromatic heterocycles. The summed E-state index contributed by atoms with van der Waals surface area (Å²) < 4.78 is 1.00. The molecule has 0 radical (unpaired) electrons. The average Bonchev–Trinajstić information content (AvgIpc) is 3.10. The van der Waals surface area contributed by atoms with Crippen molar-refractivity contribution in [3.63, 3.8) is 0 Å². The van der Waals surface area contributed by atoms with Crippen LogP contribution in [0.5, 0.6) is 0 Å². The molecule has 0 spiro atoms. The summed E-state index contributed by atoms with van der Waals surface area (Å²) in [7, 11) is 0. The smallest absolute Gasteiger partial charge is 0.258 e. The molecule has 4 nitrogen and oxygen atoms in total. The number of nitrogens with one attached hydrogen (secondary N) is 1. The molecule has 4 aromatic rings. The van der Waals surface area contributed by atoms with E-state index in [-0.39, 0.29) is 5.91 Å². The number of hydrogen-bond donors (Lipinski definition) is 1. The van der Waals surface area contributed by atoms with Crippen LogP contribution in [0.3, 0.4) is 0 Å². The molecule has 0 unspecified atom stereocenters. The Labute approximate surface area is 156 Å². The summed E-state index contributed by atoms with van der Waals surface area (Å²) in [6.07, 6.45) is 0. The maximum absolute atomic E-state index is 12.6. The van der Waals surface area contributed by atoms with E-state index in [0.29, 0.717) is 10.7 Å². The van der Waals surface area contributed by atoms with Gasteiger partial charge in [-0.3, -0.25) is 10.1 Å². The van der Waals surface area contributed by atoms with Gasteiger partial charge in [0.1, 0.15) is 5.01 Å². The average molecular weight is 410 g/mol. The summed E-state index contributed by atoms with van der Waals surface area (Å²) in [5.74, 6) is -0.185. The van der Waals surface area contributed by atoms with Crippen LogP contribution in [0.4, 0.5) is 5.13 Å². The molecule has 3 aromatic carbocycles. The Kier molecular flexibility index (Phi) is 4.29. The number of hydrogen-bond acceptors (Lipinski definition) is 4. The fourth-order valence-corrected chi connectivity index (χ4v) is 3.58. The Morgan fingerprint density at radius 3 is 2.52 bits per heavy atom. The number of carbonyl (C=O) groups excluding carboxylic acids is 1. The first kappa shape index (κ1) is 15.9. The summed E-state index contributed by atoms with van der Waals surface area (Å²) in [5.41, 5.74) is 1.59. The molecular formula is C19H12BrN3OS. The van der Waals surface area contributed by atoms with Crippen molar-refractivity contribution in [3.8, 4) is 10.6 Å². The van der Waals surface area contributed by atoms with Crippen LogP contribution in [0.25, 0.3) is 21.3 Å². The second kappa shape index (κ2) is 6.74. The largest absolute Gasteiger partial charge is 0.296 e. The summed E-state index contributed by atoms with van der Waals surface area (Å²) in [6.45, 7) is 0. The third kappa shape index (κ3) is 3.31. The van der Waals surface area contributed by atoms with Gasteiger partial charge in [0.2, 0.25) is 5.13 Å². The number of benzene rings is 3. The van der Waals surface area contributed by atoms with Crippen molar-refractivity contribution in [2.24, 2.45) is 0 Å². The first-order valence-corrected chi connectivity index (χ1v) is 9.20. The molecule has 122 valence electrons. The predicted octanol–water partition coefficient (Wildman–Crippen LogP) is 5.37. The topological polar surface area (TPSA) is 54.9 Å². The van der Waals surface area contributed by atoms with Gasteiger partial charge in [0.15, 0.2) is 0 Å².